The van der Waals surface area contributed by atoms with Gasteiger partial charge in [-0.15, -0.1) is 0 Å². The van der Waals surface area contributed by atoms with Crippen LogP contribution in [0.4, 0.5) is 4.79 Å². The molecule has 0 saturated carbocycles. The minimum atomic E-state index is -1.08. The van der Waals surface area contributed by atoms with Crippen LogP contribution in [-0.4, -0.2) is 56.2 Å². The summed E-state index contributed by atoms with van der Waals surface area (Å²) in [4.78, 5) is 33.6. The molecule has 2 aromatic carbocycles. The van der Waals surface area contributed by atoms with E-state index in [1.165, 1.54) is 10.9 Å². The standard InChI is InChI=1S/C24H27ClN4O3/c1-17(18-6-4-3-5-7-18)27(2)23(31)28-12-10-24(32,11-13-28)15-29-16-26-21-14-19(25)8-9-20(21)22(29)30/h3-9,14,16-17,32H,10-13,15H2,1-2H3/t17-/m1/s1. The Bertz CT molecular complexity index is 1170. The van der Waals surface area contributed by atoms with Gasteiger partial charge in [-0.3, -0.25) is 9.36 Å². The van der Waals surface area contributed by atoms with E-state index in [-0.39, 0.29) is 24.2 Å². The summed E-state index contributed by atoms with van der Waals surface area (Å²) in [5.41, 5.74) is 0.310. The Labute approximate surface area is 191 Å². The topological polar surface area (TPSA) is 78.7 Å². The third kappa shape index (κ3) is 4.49. The van der Waals surface area contributed by atoms with Crippen molar-refractivity contribution in [3.05, 3.63) is 75.8 Å². The molecular weight excluding hydrogens is 428 g/mol. The summed E-state index contributed by atoms with van der Waals surface area (Å²) in [6.45, 7) is 2.98. The Kier molecular flexibility index (Phi) is 6.22. The monoisotopic (exact) mass is 454 g/mol. The number of nitrogens with zero attached hydrogens (tertiary/aromatic N) is 4. The van der Waals surface area contributed by atoms with Gasteiger partial charge in [0.1, 0.15) is 0 Å². The normalized spacial score (nSPS) is 16.7. The van der Waals surface area contributed by atoms with E-state index >= 15 is 0 Å². The van der Waals surface area contributed by atoms with Gasteiger partial charge < -0.3 is 14.9 Å². The first-order chi connectivity index (χ1) is 15.3. The molecule has 0 radical (unpaired) electrons. The van der Waals surface area contributed by atoms with Crippen molar-refractivity contribution >= 4 is 28.5 Å². The molecule has 32 heavy (non-hydrogen) atoms. The number of hydrogen-bond acceptors (Lipinski definition) is 4. The van der Waals surface area contributed by atoms with Gasteiger partial charge in [-0.1, -0.05) is 41.9 Å². The molecule has 0 aliphatic carbocycles. The summed E-state index contributed by atoms with van der Waals surface area (Å²) < 4.78 is 1.44. The number of rotatable bonds is 4. The van der Waals surface area contributed by atoms with Crippen molar-refractivity contribution in [2.24, 2.45) is 0 Å². The molecule has 1 aliphatic heterocycles. The highest BCUT2D eigenvalue weighted by molar-refractivity contribution is 6.31. The fourth-order valence-electron chi connectivity index (χ4n) is 4.18. The highest BCUT2D eigenvalue weighted by Crippen LogP contribution is 2.27. The minimum Gasteiger partial charge on any atom is -0.388 e. The van der Waals surface area contributed by atoms with Crippen LogP contribution >= 0.6 is 11.6 Å². The first-order valence-electron chi connectivity index (χ1n) is 10.7. The molecule has 168 valence electrons. The number of aliphatic hydroxyl groups is 1. The summed E-state index contributed by atoms with van der Waals surface area (Å²) >= 11 is 5.98. The quantitative estimate of drug-likeness (QED) is 0.652. The Morgan fingerprint density at radius 3 is 2.59 bits per heavy atom. The second-order valence-corrected chi connectivity index (χ2v) is 8.97. The van der Waals surface area contributed by atoms with E-state index < -0.39 is 5.60 Å². The van der Waals surface area contributed by atoms with Crippen LogP contribution in [0.5, 0.6) is 0 Å². The van der Waals surface area contributed by atoms with Crippen molar-refractivity contribution in [3.63, 3.8) is 0 Å². The molecule has 1 N–H and O–H groups in total. The van der Waals surface area contributed by atoms with Crippen molar-refractivity contribution in [2.75, 3.05) is 20.1 Å². The van der Waals surface area contributed by atoms with Crippen LogP contribution < -0.4 is 5.56 Å². The molecule has 8 heteroatoms. The molecule has 0 bridgehead atoms. The molecule has 1 atom stereocenters. The molecule has 4 rings (SSSR count). The van der Waals surface area contributed by atoms with Gasteiger partial charge in [0.25, 0.3) is 5.56 Å². The maximum Gasteiger partial charge on any atom is 0.320 e. The van der Waals surface area contributed by atoms with Crippen LogP contribution in [0, 0.1) is 0 Å². The molecule has 2 heterocycles. The lowest BCUT2D eigenvalue weighted by Gasteiger charge is -2.40. The van der Waals surface area contributed by atoms with E-state index in [1.807, 2.05) is 37.3 Å². The number of benzene rings is 2. The molecular formula is C24H27ClN4O3. The molecule has 1 aromatic heterocycles. The zero-order valence-electron chi connectivity index (χ0n) is 18.2. The minimum absolute atomic E-state index is 0.0553. The maximum absolute atomic E-state index is 13.0. The highest BCUT2D eigenvalue weighted by atomic mass is 35.5. The predicted octanol–water partition coefficient (Wildman–Crippen LogP) is 3.69. The first kappa shape index (κ1) is 22.3. The van der Waals surface area contributed by atoms with Gasteiger partial charge in [0, 0.05) is 25.2 Å². The largest absolute Gasteiger partial charge is 0.388 e. The molecule has 7 nitrogen and oxygen atoms in total. The van der Waals surface area contributed by atoms with Crippen LogP contribution in [0.25, 0.3) is 10.9 Å². The summed E-state index contributed by atoms with van der Waals surface area (Å²) in [6.07, 6.45) is 2.22. The first-order valence-corrected chi connectivity index (χ1v) is 11.1. The molecule has 1 fully saturated rings. The average molecular weight is 455 g/mol. The van der Waals surface area contributed by atoms with E-state index in [0.29, 0.717) is 41.9 Å². The van der Waals surface area contributed by atoms with E-state index in [9.17, 15) is 14.7 Å². The smallest absolute Gasteiger partial charge is 0.320 e. The molecule has 1 aliphatic rings. The SMILES string of the molecule is C[C@H](c1ccccc1)N(C)C(=O)N1CCC(O)(Cn2cnc3cc(Cl)ccc3c2=O)CC1. The number of likely N-dealkylation sites (tertiary alicyclic amines) is 1. The lowest BCUT2D eigenvalue weighted by atomic mass is 9.91. The second kappa shape index (κ2) is 8.92. The molecule has 3 aromatic rings. The van der Waals surface area contributed by atoms with Crippen molar-refractivity contribution < 1.29 is 9.90 Å². The number of aromatic nitrogens is 2. The van der Waals surface area contributed by atoms with Crippen molar-refractivity contribution in [1.29, 1.82) is 0 Å². The number of carbonyl (C=O) groups excluding carboxylic acids is 1. The summed E-state index contributed by atoms with van der Waals surface area (Å²) in [6, 6.07) is 14.7. The fourth-order valence-corrected chi connectivity index (χ4v) is 4.34. The van der Waals surface area contributed by atoms with Crippen molar-refractivity contribution in [2.45, 2.75) is 38.0 Å². The van der Waals surface area contributed by atoms with Gasteiger partial charge in [0.15, 0.2) is 0 Å². The van der Waals surface area contributed by atoms with Gasteiger partial charge in [0.2, 0.25) is 0 Å². The molecule has 1 saturated heterocycles. The third-order valence-corrected chi connectivity index (χ3v) is 6.62. The number of fused-ring (bicyclic) bond motifs is 1. The van der Waals surface area contributed by atoms with Crippen LogP contribution in [0.1, 0.15) is 31.4 Å². The molecule has 0 unspecified atom stereocenters. The van der Waals surface area contributed by atoms with E-state index in [0.717, 1.165) is 5.56 Å². The summed E-state index contributed by atoms with van der Waals surface area (Å²) in [5.74, 6) is 0. The van der Waals surface area contributed by atoms with Crippen LogP contribution in [0.15, 0.2) is 59.7 Å². The average Bonchev–Trinajstić information content (AvgIpc) is 2.80. The maximum atomic E-state index is 13.0. The number of carbonyl (C=O) groups is 1. The Balaban J connectivity index is 1.42. The number of piperidine rings is 1. The summed E-state index contributed by atoms with van der Waals surface area (Å²) in [7, 11) is 1.80. The summed E-state index contributed by atoms with van der Waals surface area (Å²) in [5, 5.41) is 12.1. The van der Waals surface area contributed by atoms with Crippen LogP contribution in [-0.2, 0) is 6.54 Å². The number of amides is 2. The number of urea groups is 1. The van der Waals surface area contributed by atoms with Gasteiger partial charge in [-0.05, 0) is 43.5 Å². The molecule has 0 spiro atoms. The molecule has 2 amide bonds. The zero-order chi connectivity index (χ0) is 22.9. The fraction of sp³-hybridized carbons (Fsp3) is 0.375. The van der Waals surface area contributed by atoms with Gasteiger partial charge in [-0.2, -0.15) is 0 Å². The van der Waals surface area contributed by atoms with Gasteiger partial charge in [0.05, 0.1) is 35.4 Å². The lowest BCUT2D eigenvalue weighted by Crippen LogP contribution is -2.52. The Hall–Kier alpha value is -2.90. The lowest BCUT2D eigenvalue weighted by molar-refractivity contribution is -0.0292. The highest BCUT2D eigenvalue weighted by Gasteiger charge is 2.36. The van der Waals surface area contributed by atoms with Crippen molar-refractivity contribution in [3.8, 4) is 0 Å². The second-order valence-electron chi connectivity index (χ2n) is 8.53. The number of hydrogen-bond donors (Lipinski definition) is 1. The van der Waals surface area contributed by atoms with Gasteiger partial charge in [-0.25, -0.2) is 9.78 Å². The van der Waals surface area contributed by atoms with E-state index in [2.05, 4.69) is 4.98 Å². The van der Waals surface area contributed by atoms with E-state index in [1.54, 1.807) is 35.0 Å². The third-order valence-electron chi connectivity index (χ3n) is 6.38. The Morgan fingerprint density at radius 2 is 1.91 bits per heavy atom. The van der Waals surface area contributed by atoms with Crippen LogP contribution in [0.3, 0.4) is 0 Å². The van der Waals surface area contributed by atoms with Gasteiger partial charge >= 0.3 is 6.03 Å². The zero-order valence-corrected chi connectivity index (χ0v) is 19.0. The predicted molar refractivity (Wildman–Crippen MR) is 125 cm³/mol. The van der Waals surface area contributed by atoms with E-state index in [4.69, 9.17) is 11.6 Å². The number of halogens is 1. The van der Waals surface area contributed by atoms with Crippen LogP contribution in [0.2, 0.25) is 5.02 Å². The van der Waals surface area contributed by atoms with Crippen molar-refractivity contribution in [1.82, 2.24) is 19.4 Å². The Morgan fingerprint density at radius 1 is 1.22 bits per heavy atom.